The largest absolute Gasteiger partial charge is 0.311 e. The van der Waals surface area contributed by atoms with Crippen molar-refractivity contribution >= 4 is 11.8 Å². The molecule has 0 radical (unpaired) electrons. The summed E-state index contributed by atoms with van der Waals surface area (Å²) >= 11 is 1.97. The predicted octanol–water partition coefficient (Wildman–Crippen LogP) is 2.59. The molecule has 1 saturated heterocycles. The smallest absolute Gasteiger partial charge is 0.0218 e. The van der Waals surface area contributed by atoms with Gasteiger partial charge in [-0.25, -0.2) is 0 Å². The summed E-state index contributed by atoms with van der Waals surface area (Å²) in [6, 6.07) is 1.50. The van der Waals surface area contributed by atoms with Gasteiger partial charge in [-0.1, -0.05) is 13.8 Å². The number of hydrogen-bond acceptors (Lipinski definition) is 3. The zero-order valence-electron chi connectivity index (χ0n) is 11.2. The molecule has 1 heterocycles. The molecule has 2 unspecified atom stereocenters. The number of nitrogens with one attached hydrogen (secondary N) is 1. The van der Waals surface area contributed by atoms with Crippen LogP contribution in [0.4, 0.5) is 0 Å². The summed E-state index contributed by atoms with van der Waals surface area (Å²) in [6.45, 7) is 8.35. The number of nitrogens with zero attached hydrogens (tertiary/aromatic N) is 1. The first-order valence-electron chi connectivity index (χ1n) is 6.78. The van der Waals surface area contributed by atoms with E-state index >= 15 is 0 Å². The Hall–Kier alpha value is 0.270. The van der Waals surface area contributed by atoms with Gasteiger partial charge in [-0.3, -0.25) is 4.90 Å². The van der Waals surface area contributed by atoms with Crippen LogP contribution in [-0.2, 0) is 0 Å². The average Bonchev–Trinajstić information content (AvgIpc) is 2.34. The van der Waals surface area contributed by atoms with Crippen LogP contribution in [0.2, 0.25) is 0 Å². The Morgan fingerprint density at radius 1 is 1.25 bits per heavy atom. The third kappa shape index (κ3) is 4.64. The summed E-state index contributed by atoms with van der Waals surface area (Å²) in [6.07, 6.45) is 7.49. The van der Waals surface area contributed by atoms with Gasteiger partial charge in [0, 0.05) is 25.2 Å². The van der Waals surface area contributed by atoms with E-state index < -0.39 is 0 Å². The molecule has 0 aromatic heterocycles. The first-order valence-corrected chi connectivity index (χ1v) is 8.17. The van der Waals surface area contributed by atoms with Crippen molar-refractivity contribution in [3.63, 3.8) is 0 Å². The van der Waals surface area contributed by atoms with Crippen LogP contribution >= 0.6 is 11.8 Å². The molecule has 0 aromatic carbocycles. The molecule has 1 aliphatic rings. The van der Waals surface area contributed by atoms with Crippen molar-refractivity contribution in [1.82, 2.24) is 10.2 Å². The first-order chi connectivity index (χ1) is 7.81. The molecule has 2 atom stereocenters. The van der Waals surface area contributed by atoms with Crippen molar-refractivity contribution in [2.45, 2.75) is 51.6 Å². The van der Waals surface area contributed by atoms with Crippen LogP contribution in [-0.4, -0.2) is 48.6 Å². The maximum absolute atomic E-state index is 3.66. The molecular weight excluding hydrogens is 216 g/mol. The van der Waals surface area contributed by atoms with Gasteiger partial charge in [0.25, 0.3) is 0 Å². The van der Waals surface area contributed by atoms with Gasteiger partial charge >= 0.3 is 0 Å². The zero-order valence-corrected chi connectivity index (χ0v) is 12.0. The Morgan fingerprint density at radius 3 is 2.69 bits per heavy atom. The average molecular weight is 244 g/mol. The maximum atomic E-state index is 3.66. The molecule has 0 amide bonds. The number of unbranched alkanes of at least 4 members (excludes halogenated alkanes) is 1. The lowest BCUT2D eigenvalue weighted by atomic mass is 10.0. The fraction of sp³-hybridized carbons (Fsp3) is 1.00. The minimum absolute atomic E-state index is 0.725. The highest BCUT2D eigenvalue weighted by Crippen LogP contribution is 2.13. The highest BCUT2D eigenvalue weighted by molar-refractivity contribution is 7.98. The van der Waals surface area contributed by atoms with Gasteiger partial charge in [0.2, 0.25) is 0 Å². The summed E-state index contributed by atoms with van der Waals surface area (Å²) in [7, 11) is 0. The Labute approximate surface area is 106 Å². The Bertz CT molecular complexity index is 175. The summed E-state index contributed by atoms with van der Waals surface area (Å²) < 4.78 is 0. The van der Waals surface area contributed by atoms with Gasteiger partial charge in [0.15, 0.2) is 0 Å². The summed E-state index contributed by atoms with van der Waals surface area (Å²) in [5.41, 5.74) is 0. The third-order valence-corrected chi connectivity index (χ3v) is 4.32. The van der Waals surface area contributed by atoms with E-state index in [1.807, 2.05) is 11.8 Å². The highest BCUT2D eigenvalue weighted by atomic mass is 32.2. The highest BCUT2D eigenvalue weighted by Gasteiger charge is 2.24. The first kappa shape index (κ1) is 14.3. The van der Waals surface area contributed by atoms with Crippen molar-refractivity contribution < 1.29 is 0 Å². The van der Waals surface area contributed by atoms with Crippen molar-refractivity contribution in [2.75, 3.05) is 31.6 Å². The molecule has 96 valence electrons. The van der Waals surface area contributed by atoms with Crippen LogP contribution in [0.1, 0.15) is 39.5 Å². The topological polar surface area (TPSA) is 15.3 Å². The standard InChI is InChI=1S/C13H28N2S/c1-4-12-11-15(8-6-7-9-16-3)13(5-2)10-14-12/h12-14H,4-11H2,1-3H3. The van der Waals surface area contributed by atoms with Crippen LogP contribution in [0.5, 0.6) is 0 Å². The molecule has 1 N–H and O–H groups in total. The van der Waals surface area contributed by atoms with Crippen LogP contribution in [0.15, 0.2) is 0 Å². The van der Waals surface area contributed by atoms with E-state index in [-0.39, 0.29) is 0 Å². The van der Waals surface area contributed by atoms with E-state index in [0.29, 0.717) is 0 Å². The van der Waals surface area contributed by atoms with Gasteiger partial charge < -0.3 is 5.32 Å². The van der Waals surface area contributed by atoms with Crippen molar-refractivity contribution in [3.05, 3.63) is 0 Å². The van der Waals surface area contributed by atoms with Gasteiger partial charge in [-0.15, -0.1) is 0 Å². The molecule has 1 fully saturated rings. The number of hydrogen-bond donors (Lipinski definition) is 1. The fourth-order valence-corrected chi connectivity index (χ4v) is 2.93. The van der Waals surface area contributed by atoms with Crippen molar-refractivity contribution in [3.8, 4) is 0 Å². The molecule has 16 heavy (non-hydrogen) atoms. The molecule has 0 aliphatic carbocycles. The van der Waals surface area contributed by atoms with Gasteiger partial charge in [-0.2, -0.15) is 11.8 Å². The van der Waals surface area contributed by atoms with E-state index in [2.05, 4.69) is 30.3 Å². The quantitative estimate of drug-likeness (QED) is 0.693. The summed E-state index contributed by atoms with van der Waals surface area (Å²) in [4.78, 5) is 2.71. The molecule has 0 bridgehead atoms. The van der Waals surface area contributed by atoms with Crippen molar-refractivity contribution in [2.24, 2.45) is 0 Å². The van der Waals surface area contributed by atoms with E-state index in [9.17, 15) is 0 Å². The minimum Gasteiger partial charge on any atom is -0.311 e. The number of piperazine rings is 1. The van der Waals surface area contributed by atoms with Crippen LogP contribution in [0.25, 0.3) is 0 Å². The SMILES string of the molecule is CCC1CN(CCCCSC)C(CC)CN1. The Balaban J connectivity index is 2.27. The molecular formula is C13H28N2S. The zero-order chi connectivity index (χ0) is 11.8. The van der Waals surface area contributed by atoms with E-state index in [1.54, 1.807) is 0 Å². The van der Waals surface area contributed by atoms with Gasteiger partial charge in [-0.05, 0) is 44.2 Å². The second kappa shape index (κ2) is 8.37. The lowest BCUT2D eigenvalue weighted by Crippen LogP contribution is -2.56. The van der Waals surface area contributed by atoms with E-state index in [4.69, 9.17) is 0 Å². The molecule has 3 heteroatoms. The molecule has 0 saturated carbocycles. The predicted molar refractivity (Wildman–Crippen MR) is 75.3 cm³/mol. The monoisotopic (exact) mass is 244 g/mol. The van der Waals surface area contributed by atoms with E-state index in [0.717, 1.165) is 12.1 Å². The van der Waals surface area contributed by atoms with Gasteiger partial charge in [0.05, 0.1) is 0 Å². The lowest BCUT2D eigenvalue weighted by Gasteiger charge is -2.40. The molecule has 2 nitrogen and oxygen atoms in total. The molecule has 0 aromatic rings. The number of thioether (sulfide) groups is 1. The maximum Gasteiger partial charge on any atom is 0.0218 e. The van der Waals surface area contributed by atoms with Crippen LogP contribution in [0.3, 0.4) is 0 Å². The second-order valence-electron chi connectivity index (χ2n) is 4.77. The second-order valence-corrected chi connectivity index (χ2v) is 5.76. The summed E-state index contributed by atoms with van der Waals surface area (Å²) in [5, 5.41) is 3.66. The van der Waals surface area contributed by atoms with E-state index in [1.165, 1.54) is 51.1 Å². The molecule has 1 aliphatic heterocycles. The minimum atomic E-state index is 0.725. The molecule has 0 spiro atoms. The lowest BCUT2D eigenvalue weighted by molar-refractivity contribution is 0.123. The Kier molecular flexibility index (Phi) is 7.50. The van der Waals surface area contributed by atoms with Crippen LogP contribution in [0, 0.1) is 0 Å². The number of rotatable bonds is 7. The van der Waals surface area contributed by atoms with Gasteiger partial charge in [0.1, 0.15) is 0 Å². The fourth-order valence-electron chi connectivity index (χ4n) is 2.44. The third-order valence-electron chi connectivity index (χ3n) is 3.62. The van der Waals surface area contributed by atoms with Crippen LogP contribution < -0.4 is 5.32 Å². The molecule has 1 rings (SSSR count). The Morgan fingerprint density at radius 2 is 2.06 bits per heavy atom. The summed E-state index contributed by atoms with van der Waals surface area (Å²) in [5.74, 6) is 1.32. The normalized spacial score (nSPS) is 27.2. The van der Waals surface area contributed by atoms with Crippen molar-refractivity contribution in [1.29, 1.82) is 0 Å².